The van der Waals surface area contributed by atoms with Crippen molar-refractivity contribution >= 4 is 18.6 Å². The Labute approximate surface area is 115 Å². The average molecular weight is 281 g/mol. The van der Waals surface area contributed by atoms with Gasteiger partial charge in [0.15, 0.2) is 0 Å². The molecule has 0 saturated heterocycles. The summed E-state index contributed by atoms with van der Waals surface area (Å²) in [4.78, 5) is 11.6. The Morgan fingerprint density at radius 3 is 2.63 bits per heavy atom. The minimum atomic E-state index is -0.759. The van der Waals surface area contributed by atoms with Crippen LogP contribution in [-0.2, 0) is 6.42 Å². The lowest BCUT2D eigenvalue weighted by atomic mass is 10.2. The quantitative estimate of drug-likeness (QED) is 0.412. The molecule has 2 rings (SSSR count). The van der Waals surface area contributed by atoms with Gasteiger partial charge in [0.2, 0.25) is 0 Å². The highest BCUT2D eigenvalue weighted by atomic mass is 32.1. The summed E-state index contributed by atoms with van der Waals surface area (Å²) in [6.45, 7) is 1.75. The second-order valence-corrected chi connectivity index (χ2v) is 5.37. The first-order valence-corrected chi connectivity index (χ1v) is 5.99. The molecule has 0 spiro atoms. The number of hydroxylamine groups is 1. The van der Waals surface area contributed by atoms with Gasteiger partial charge in [0.1, 0.15) is 5.82 Å². The summed E-state index contributed by atoms with van der Waals surface area (Å²) in [5.74, 6) is 1.01. The van der Waals surface area contributed by atoms with Crippen molar-refractivity contribution in [2.75, 3.05) is 12.1 Å². The summed E-state index contributed by atoms with van der Waals surface area (Å²) in [6.07, 6.45) is 3.53. The molecule has 0 aliphatic rings. The lowest BCUT2D eigenvalue weighted by molar-refractivity contribution is 0.272. The molecule has 0 aliphatic heterocycles. The third-order valence-electron chi connectivity index (χ3n) is 2.21. The first-order chi connectivity index (χ1) is 8.87. The second-order valence-electron chi connectivity index (χ2n) is 4.35. The highest BCUT2D eigenvalue weighted by Gasteiger charge is 2.22. The number of nitrogens with two attached hydrogens (primary N) is 1. The van der Waals surface area contributed by atoms with E-state index in [0.29, 0.717) is 18.2 Å². The monoisotopic (exact) mass is 281 g/mol. The minimum Gasteiger partial charge on any atom is -0.317 e. The zero-order chi connectivity index (χ0) is 14.0. The first kappa shape index (κ1) is 13.7. The number of hydrogen-bond donors (Lipinski definition) is 3. The van der Waals surface area contributed by atoms with Crippen LogP contribution in [-0.4, -0.2) is 41.9 Å². The molecule has 0 aromatic carbocycles. The van der Waals surface area contributed by atoms with Gasteiger partial charge in [-0.15, -0.1) is 5.10 Å². The fourth-order valence-electron chi connectivity index (χ4n) is 1.46. The van der Waals surface area contributed by atoms with Crippen LogP contribution >= 0.6 is 12.6 Å². The van der Waals surface area contributed by atoms with E-state index in [-0.39, 0.29) is 5.95 Å². The van der Waals surface area contributed by atoms with Gasteiger partial charge < -0.3 is 5.73 Å². The normalized spacial score (nSPS) is 14.2. The van der Waals surface area contributed by atoms with Gasteiger partial charge in [-0.25, -0.2) is 15.0 Å². The minimum absolute atomic E-state index is 0.139. The first-order valence-electron chi connectivity index (χ1n) is 5.54. The maximum absolute atomic E-state index is 9.41. The lowest BCUT2D eigenvalue weighted by Gasteiger charge is -2.16. The molecule has 8 nitrogen and oxygen atoms in total. The van der Waals surface area contributed by atoms with Crippen LogP contribution in [0.25, 0.3) is 5.95 Å². The Morgan fingerprint density at radius 2 is 2.11 bits per heavy atom. The van der Waals surface area contributed by atoms with E-state index in [2.05, 4.69) is 32.7 Å². The van der Waals surface area contributed by atoms with E-state index in [1.807, 2.05) is 0 Å². The molecule has 0 unspecified atom stereocenters. The van der Waals surface area contributed by atoms with E-state index in [0.717, 1.165) is 5.06 Å². The van der Waals surface area contributed by atoms with Crippen molar-refractivity contribution in [3.63, 3.8) is 0 Å². The molecule has 0 radical (unpaired) electrons. The van der Waals surface area contributed by atoms with Crippen LogP contribution in [0.5, 0.6) is 0 Å². The van der Waals surface area contributed by atoms with Gasteiger partial charge in [-0.1, -0.05) is 0 Å². The Bertz CT molecular complexity index is 549. The van der Waals surface area contributed by atoms with E-state index in [1.165, 1.54) is 11.7 Å². The van der Waals surface area contributed by atoms with E-state index in [9.17, 15) is 5.21 Å². The van der Waals surface area contributed by atoms with Crippen molar-refractivity contribution in [1.29, 1.82) is 0 Å². The summed E-state index contributed by atoms with van der Waals surface area (Å²) in [5, 5.41) is 14.4. The maximum Gasteiger partial charge on any atom is 0.269 e. The van der Waals surface area contributed by atoms with Gasteiger partial charge in [0, 0.05) is 25.9 Å². The largest absolute Gasteiger partial charge is 0.317 e. The van der Waals surface area contributed by atoms with Gasteiger partial charge in [-0.3, -0.25) is 5.21 Å². The van der Waals surface area contributed by atoms with Crippen molar-refractivity contribution in [2.45, 2.75) is 18.2 Å². The number of rotatable bonds is 4. The van der Waals surface area contributed by atoms with Gasteiger partial charge in [0.25, 0.3) is 11.9 Å². The number of anilines is 1. The fourth-order valence-corrected chi connectivity index (χ4v) is 1.61. The van der Waals surface area contributed by atoms with Crippen LogP contribution in [0.15, 0.2) is 18.5 Å². The second kappa shape index (κ2) is 5.11. The number of thiol groups is 1. The molecule has 2 aromatic rings. The van der Waals surface area contributed by atoms with Crippen LogP contribution in [0, 0.1) is 0 Å². The maximum atomic E-state index is 9.41. The molecule has 2 heterocycles. The smallest absolute Gasteiger partial charge is 0.269 e. The van der Waals surface area contributed by atoms with Crippen LogP contribution in [0.2, 0.25) is 0 Å². The predicted octanol–water partition coefficient (Wildman–Crippen LogP) is 0.0299. The Morgan fingerprint density at radius 1 is 1.47 bits per heavy atom. The third-order valence-corrected chi connectivity index (χ3v) is 2.37. The Hall–Kier alpha value is -1.71. The molecule has 9 heteroatoms. The molecule has 0 amide bonds. The molecular weight excluding hydrogens is 266 g/mol. The van der Waals surface area contributed by atoms with Crippen LogP contribution < -0.4 is 10.8 Å². The summed E-state index contributed by atoms with van der Waals surface area (Å²) in [5.41, 5.74) is 5.87. The molecule has 3 N–H and O–H groups in total. The topological polar surface area (TPSA) is 106 Å². The lowest BCUT2D eigenvalue weighted by Crippen LogP contribution is -2.33. The summed E-state index contributed by atoms with van der Waals surface area (Å²) in [7, 11) is 1.43. The van der Waals surface area contributed by atoms with Gasteiger partial charge in [-0.2, -0.15) is 22.3 Å². The highest BCUT2D eigenvalue weighted by molar-refractivity contribution is 7.81. The van der Waals surface area contributed by atoms with Crippen LogP contribution in [0.4, 0.5) is 5.95 Å². The third kappa shape index (κ3) is 3.40. The molecule has 0 aliphatic carbocycles. The molecule has 0 fully saturated rings. The number of aromatic nitrogens is 5. The van der Waals surface area contributed by atoms with Gasteiger partial charge in [0.05, 0.1) is 4.87 Å². The number of nitrogens with zero attached hydrogens (tertiary/aromatic N) is 6. The van der Waals surface area contributed by atoms with E-state index < -0.39 is 4.87 Å². The molecule has 19 heavy (non-hydrogen) atoms. The zero-order valence-electron chi connectivity index (χ0n) is 10.6. The van der Waals surface area contributed by atoms with Crippen molar-refractivity contribution in [2.24, 2.45) is 5.73 Å². The summed E-state index contributed by atoms with van der Waals surface area (Å²) < 4.78 is 1.43. The predicted molar refractivity (Wildman–Crippen MR) is 72.4 cm³/mol. The van der Waals surface area contributed by atoms with E-state index in [4.69, 9.17) is 5.73 Å². The molecule has 2 aromatic heterocycles. The molecule has 0 saturated carbocycles. The van der Waals surface area contributed by atoms with Crippen molar-refractivity contribution in [1.82, 2.24) is 24.7 Å². The van der Waals surface area contributed by atoms with Crippen molar-refractivity contribution in [3.05, 3.63) is 24.3 Å². The van der Waals surface area contributed by atoms with Crippen molar-refractivity contribution in [3.8, 4) is 5.95 Å². The van der Waals surface area contributed by atoms with E-state index >= 15 is 0 Å². The highest BCUT2D eigenvalue weighted by Crippen LogP contribution is 2.17. The molecule has 1 atom stereocenters. The zero-order valence-corrected chi connectivity index (χ0v) is 11.5. The average Bonchev–Trinajstić information content (AvgIpc) is 2.72. The fraction of sp³-hybridized carbons (Fsp3) is 0.400. The molecule has 102 valence electrons. The van der Waals surface area contributed by atoms with Crippen LogP contribution in [0.3, 0.4) is 0 Å². The van der Waals surface area contributed by atoms with Gasteiger partial charge >= 0.3 is 0 Å². The van der Waals surface area contributed by atoms with Crippen LogP contribution in [0.1, 0.15) is 12.7 Å². The van der Waals surface area contributed by atoms with Crippen molar-refractivity contribution < 1.29 is 5.21 Å². The van der Waals surface area contributed by atoms with E-state index in [1.54, 1.807) is 25.4 Å². The SMILES string of the molecule is CN(O)c1nc(C[C@@](C)(N)S)n(-c2ncccn2)n1. The molecular formula is C10H15N7OS. The Kier molecular flexibility index (Phi) is 3.69. The standard InChI is InChI=1S/C10H15N7OS/c1-10(11,19)6-7-14-9(16(2)18)15-17(7)8-12-4-3-5-13-8/h3-5,18-19H,6,11H2,1-2H3/t10-/m0/s1. The van der Waals surface area contributed by atoms with Gasteiger partial charge in [-0.05, 0) is 13.0 Å². The summed E-state index contributed by atoms with van der Waals surface area (Å²) >= 11 is 4.27. The number of hydrogen-bond acceptors (Lipinski definition) is 8. The summed E-state index contributed by atoms with van der Waals surface area (Å²) in [6, 6.07) is 1.70. The Balaban J connectivity index is 2.46. The molecule has 0 bridgehead atoms.